The van der Waals surface area contributed by atoms with Gasteiger partial charge in [-0.1, -0.05) is 49.4 Å². The van der Waals surface area contributed by atoms with Crippen LogP contribution < -0.4 is 9.64 Å². The summed E-state index contributed by atoms with van der Waals surface area (Å²) in [5.74, 6) is 1.18. The molecule has 1 aromatic heterocycles. The van der Waals surface area contributed by atoms with Gasteiger partial charge in [0.1, 0.15) is 5.82 Å². The highest BCUT2D eigenvalue weighted by Gasteiger charge is 2.34. The first kappa shape index (κ1) is 22.2. The Bertz CT molecular complexity index is 1140. The molecular formula is C24H25FN4O2S. The second-order valence-corrected chi connectivity index (χ2v) is 9.27. The molecule has 0 saturated heterocycles. The summed E-state index contributed by atoms with van der Waals surface area (Å²) in [6, 6.07) is 11.7. The van der Waals surface area contributed by atoms with E-state index in [1.165, 1.54) is 30.8 Å². The molecular weight excluding hydrogens is 427 g/mol. The first-order valence-corrected chi connectivity index (χ1v) is 11.5. The predicted octanol–water partition coefficient (Wildman–Crippen LogP) is 5.57. The number of aromatic nitrogens is 3. The van der Waals surface area contributed by atoms with Gasteiger partial charge < -0.3 is 4.74 Å². The lowest BCUT2D eigenvalue weighted by molar-refractivity contribution is -0.118. The molecule has 0 N–H and O–H groups in total. The fourth-order valence-electron chi connectivity index (χ4n) is 3.51. The molecule has 2 heterocycles. The van der Waals surface area contributed by atoms with Gasteiger partial charge in [-0.25, -0.2) is 4.39 Å². The molecule has 1 atom stereocenters. The number of nitrogens with zero attached hydrogens (tertiary/aromatic N) is 4. The maximum atomic E-state index is 13.6. The van der Waals surface area contributed by atoms with Crippen molar-refractivity contribution < 1.29 is 13.9 Å². The van der Waals surface area contributed by atoms with Crippen LogP contribution >= 0.6 is 11.8 Å². The molecule has 0 saturated carbocycles. The molecule has 0 bridgehead atoms. The van der Waals surface area contributed by atoms with Gasteiger partial charge in [-0.3, -0.25) is 9.69 Å². The lowest BCUT2D eigenvalue weighted by Crippen LogP contribution is -2.36. The maximum absolute atomic E-state index is 13.6. The van der Waals surface area contributed by atoms with Crippen molar-refractivity contribution in [3.05, 3.63) is 59.4 Å². The van der Waals surface area contributed by atoms with E-state index in [9.17, 15) is 9.18 Å². The number of carbonyl (C=O) groups excluding carboxylic acids is 1. The van der Waals surface area contributed by atoms with E-state index in [4.69, 9.17) is 4.74 Å². The summed E-state index contributed by atoms with van der Waals surface area (Å²) >= 11 is 1.52. The molecule has 166 valence electrons. The number of benzene rings is 2. The van der Waals surface area contributed by atoms with Crippen LogP contribution in [0.2, 0.25) is 0 Å². The van der Waals surface area contributed by atoms with Crippen LogP contribution in [0.5, 0.6) is 5.88 Å². The number of fused-ring (bicyclic) bond motifs is 3. The summed E-state index contributed by atoms with van der Waals surface area (Å²) in [6.07, 6.45) is 0.214. The predicted molar refractivity (Wildman–Crippen MR) is 123 cm³/mol. The van der Waals surface area contributed by atoms with Gasteiger partial charge in [-0.2, -0.15) is 4.98 Å². The van der Waals surface area contributed by atoms with Crippen LogP contribution in [-0.4, -0.2) is 26.8 Å². The van der Waals surface area contributed by atoms with Crippen molar-refractivity contribution >= 4 is 23.4 Å². The Hall–Kier alpha value is -3.00. The zero-order valence-corrected chi connectivity index (χ0v) is 19.3. The summed E-state index contributed by atoms with van der Waals surface area (Å²) in [6.45, 7) is 7.79. The molecule has 6 nitrogen and oxygen atoms in total. The average Bonchev–Trinajstić information content (AvgIpc) is 2.88. The smallest absolute Gasteiger partial charge is 0.247 e. The second kappa shape index (κ2) is 9.24. The molecule has 4 rings (SSSR count). The summed E-state index contributed by atoms with van der Waals surface area (Å²) in [5.41, 5.74) is 3.49. The number of anilines is 1. The molecule has 1 aliphatic heterocycles. The standard InChI is InChI=1S/C24H25FN4O2S/c1-14(2)11-12-32-24-26-22-21(27-28-24)19-13-15(3)5-10-20(19)29(16(4)30)23(31-22)17-6-8-18(25)9-7-17/h5-10,13-14,23H,11-12H2,1-4H3. The van der Waals surface area contributed by atoms with Crippen molar-refractivity contribution in [2.24, 2.45) is 5.92 Å². The lowest BCUT2D eigenvalue weighted by atomic mass is 10.0. The number of hydrogen-bond acceptors (Lipinski definition) is 6. The Kier molecular flexibility index (Phi) is 6.41. The minimum atomic E-state index is -0.818. The zero-order valence-electron chi connectivity index (χ0n) is 18.5. The van der Waals surface area contributed by atoms with E-state index < -0.39 is 6.23 Å². The number of ether oxygens (including phenoxy) is 1. The molecule has 3 aromatic rings. The Morgan fingerprint density at radius 2 is 1.94 bits per heavy atom. The summed E-state index contributed by atoms with van der Waals surface area (Å²) in [7, 11) is 0. The Balaban J connectivity index is 1.84. The summed E-state index contributed by atoms with van der Waals surface area (Å²) in [5, 5.41) is 9.27. The largest absolute Gasteiger partial charge is 0.447 e. The van der Waals surface area contributed by atoms with E-state index in [1.54, 1.807) is 17.0 Å². The van der Waals surface area contributed by atoms with E-state index in [0.717, 1.165) is 23.3 Å². The number of hydrogen-bond donors (Lipinski definition) is 0. The number of halogens is 1. The molecule has 0 radical (unpaired) electrons. The van der Waals surface area contributed by atoms with Gasteiger partial charge in [-0.15, -0.1) is 10.2 Å². The van der Waals surface area contributed by atoms with Gasteiger partial charge in [0.2, 0.25) is 23.2 Å². The third-order valence-corrected chi connectivity index (χ3v) is 6.05. The van der Waals surface area contributed by atoms with Crippen molar-refractivity contribution in [2.45, 2.75) is 45.5 Å². The van der Waals surface area contributed by atoms with Crippen LogP contribution in [-0.2, 0) is 4.79 Å². The van der Waals surface area contributed by atoms with E-state index in [0.29, 0.717) is 33.9 Å². The van der Waals surface area contributed by atoms with Gasteiger partial charge in [0.15, 0.2) is 5.69 Å². The molecule has 32 heavy (non-hydrogen) atoms. The van der Waals surface area contributed by atoms with Crippen molar-refractivity contribution in [2.75, 3.05) is 10.7 Å². The molecule has 0 fully saturated rings. The Morgan fingerprint density at radius 1 is 1.19 bits per heavy atom. The monoisotopic (exact) mass is 452 g/mol. The van der Waals surface area contributed by atoms with Gasteiger partial charge in [0, 0.05) is 23.8 Å². The fraction of sp³-hybridized carbons (Fsp3) is 0.333. The lowest BCUT2D eigenvalue weighted by Gasteiger charge is -2.30. The van der Waals surface area contributed by atoms with E-state index in [-0.39, 0.29) is 11.7 Å². The van der Waals surface area contributed by atoms with Crippen molar-refractivity contribution in [1.82, 2.24) is 15.2 Å². The Labute approximate surface area is 191 Å². The molecule has 0 spiro atoms. The highest BCUT2D eigenvalue weighted by Crippen LogP contribution is 2.43. The molecule has 8 heteroatoms. The molecule has 1 amide bonds. The van der Waals surface area contributed by atoms with Crippen molar-refractivity contribution in [3.8, 4) is 17.1 Å². The minimum absolute atomic E-state index is 0.211. The normalized spacial score (nSPS) is 15.1. The van der Waals surface area contributed by atoms with Gasteiger partial charge in [0.25, 0.3) is 0 Å². The van der Waals surface area contributed by atoms with Crippen LogP contribution in [0.15, 0.2) is 47.6 Å². The number of amides is 1. The first-order chi connectivity index (χ1) is 15.3. The van der Waals surface area contributed by atoms with Gasteiger partial charge in [-0.05, 0) is 43.5 Å². The summed E-state index contributed by atoms with van der Waals surface area (Å²) in [4.78, 5) is 19.0. The van der Waals surface area contributed by atoms with E-state index >= 15 is 0 Å². The molecule has 1 unspecified atom stereocenters. The number of carbonyl (C=O) groups is 1. The summed E-state index contributed by atoms with van der Waals surface area (Å²) < 4.78 is 19.9. The van der Waals surface area contributed by atoms with Crippen molar-refractivity contribution in [3.63, 3.8) is 0 Å². The number of aryl methyl sites for hydroxylation is 1. The SMILES string of the molecule is CC(=O)N1c2ccc(C)cc2-c2nnc(SCCC(C)C)nc2OC1c1ccc(F)cc1. The van der Waals surface area contributed by atoms with Crippen LogP contribution in [0.3, 0.4) is 0 Å². The fourth-order valence-corrected chi connectivity index (χ4v) is 4.53. The van der Waals surface area contributed by atoms with Gasteiger partial charge >= 0.3 is 0 Å². The van der Waals surface area contributed by atoms with Crippen molar-refractivity contribution in [1.29, 1.82) is 0 Å². The topological polar surface area (TPSA) is 68.2 Å². The number of rotatable bonds is 5. The van der Waals surface area contributed by atoms with Crippen LogP contribution in [0, 0.1) is 18.7 Å². The highest BCUT2D eigenvalue weighted by molar-refractivity contribution is 7.99. The highest BCUT2D eigenvalue weighted by atomic mass is 32.2. The molecule has 0 aliphatic carbocycles. The minimum Gasteiger partial charge on any atom is -0.447 e. The maximum Gasteiger partial charge on any atom is 0.247 e. The molecule has 2 aromatic carbocycles. The second-order valence-electron chi connectivity index (χ2n) is 8.21. The average molecular weight is 453 g/mol. The zero-order chi connectivity index (χ0) is 22.8. The molecule has 1 aliphatic rings. The third kappa shape index (κ3) is 4.60. The van der Waals surface area contributed by atoms with Crippen LogP contribution in [0.25, 0.3) is 11.3 Å². The van der Waals surface area contributed by atoms with Gasteiger partial charge in [0.05, 0.1) is 5.69 Å². The van der Waals surface area contributed by atoms with Crippen LogP contribution in [0.1, 0.15) is 44.5 Å². The number of thioether (sulfide) groups is 1. The first-order valence-electron chi connectivity index (χ1n) is 10.5. The van der Waals surface area contributed by atoms with E-state index in [1.807, 2.05) is 25.1 Å². The Morgan fingerprint density at radius 3 is 2.62 bits per heavy atom. The third-order valence-electron chi connectivity index (χ3n) is 5.18. The van der Waals surface area contributed by atoms with E-state index in [2.05, 4.69) is 29.0 Å². The van der Waals surface area contributed by atoms with Crippen LogP contribution in [0.4, 0.5) is 10.1 Å². The quantitative estimate of drug-likeness (QED) is 0.472.